The molecule has 32 heavy (non-hydrogen) atoms. The topological polar surface area (TPSA) is 78.4 Å². The number of ether oxygens (including phenoxy) is 1. The molecule has 3 heterocycles. The second-order valence-electron chi connectivity index (χ2n) is 9.01. The summed E-state index contributed by atoms with van der Waals surface area (Å²) in [5.74, 6) is 1.54. The number of aryl methyl sites for hydroxylation is 1. The number of likely N-dealkylation sites (tertiary alicyclic amines) is 1. The monoisotopic (exact) mass is 433 g/mol. The van der Waals surface area contributed by atoms with Crippen LogP contribution in [-0.4, -0.2) is 54.2 Å². The molecule has 168 valence electrons. The number of aromatic nitrogens is 2. The lowest BCUT2D eigenvalue weighted by Gasteiger charge is -2.28. The van der Waals surface area contributed by atoms with Crippen molar-refractivity contribution in [2.24, 2.45) is 5.92 Å². The summed E-state index contributed by atoms with van der Waals surface area (Å²) >= 11 is 0. The van der Waals surface area contributed by atoms with Crippen molar-refractivity contribution < 1.29 is 9.26 Å². The van der Waals surface area contributed by atoms with Crippen LogP contribution in [0.25, 0.3) is 11.0 Å². The van der Waals surface area contributed by atoms with Crippen LogP contribution in [0.3, 0.4) is 0 Å². The van der Waals surface area contributed by atoms with Gasteiger partial charge < -0.3 is 19.1 Å². The van der Waals surface area contributed by atoms with Gasteiger partial charge in [0.15, 0.2) is 5.58 Å². The van der Waals surface area contributed by atoms with Gasteiger partial charge in [0.25, 0.3) is 0 Å². The number of fused-ring (bicyclic) bond motifs is 1. The van der Waals surface area contributed by atoms with Crippen LogP contribution in [0.2, 0.25) is 0 Å². The zero-order chi connectivity index (χ0) is 22.5. The van der Waals surface area contributed by atoms with Crippen molar-refractivity contribution in [1.29, 1.82) is 5.26 Å². The second kappa shape index (κ2) is 10.1. The number of benzene rings is 1. The summed E-state index contributed by atoms with van der Waals surface area (Å²) in [6, 6.07) is 9.74. The lowest BCUT2D eigenvalue weighted by Crippen LogP contribution is -2.30. The van der Waals surface area contributed by atoms with Crippen molar-refractivity contribution in [3.05, 3.63) is 53.0 Å². The number of hydrogen-bond donors (Lipinski definition) is 0. The molecule has 0 saturated carbocycles. The Morgan fingerprint density at radius 1 is 1.22 bits per heavy atom. The average Bonchev–Trinajstić information content (AvgIpc) is 3.21. The number of pyridine rings is 1. The summed E-state index contributed by atoms with van der Waals surface area (Å²) in [5.41, 5.74) is 4.16. The van der Waals surface area contributed by atoms with Gasteiger partial charge in [-0.05, 0) is 90.1 Å². The Bertz CT molecular complexity index is 1080. The normalized spacial score (nSPS) is 15.3. The minimum atomic E-state index is 0.328. The van der Waals surface area contributed by atoms with Crippen LogP contribution in [0.4, 0.5) is 0 Å². The third-order valence-corrected chi connectivity index (χ3v) is 6.21. The quantitative estimate of drug-likeness (QED) is 0.531. The van der Waals surface area contributed by atoms with E-state index in [9.17, 15) is 0 Å². The van der Waals surface area contributed by atoms with Crippen molar-refractivity contribution >= 4 is 11.0 Å². The van der Waals surface area contributed by atoms with Gasteiger partial charge in [-0.25, -0.2) is 0 Å². The molecule has 7 nitrogen and oxygen atoms in total. The fourth-order valence-electron chi connectivity index (χ4n) is 4.29. The molecule has 0 bridgehead atoms. The van der Waals surface area contributed by atoms with Crippen LogP contribution in [0, 0.1) is 17.2 Å². The number of hydrogen-bond acceptors (Lipinski definition) is 7. The summed E-state index contributed by atoms with van der Waals surface area (Å²) < 4.78 is 12.0. The largest absolute Gasteiger partial charge is 0.487 e. The van der Waals surface area contributed by atoms with E-state index in [-0.39, 0.29) is 0 Å². The van der Waals surface area contributed by atoms with Gasteiger partial charge in [0.2, 0.25) is 0 Å². The van der Waals surface area contributed by atoms with Crippen LogP contribution >= 0.6 is 0 Å². The summed E-state index contributed by atoms with van der Waals surface area (Å²) in [6.45, 7) is 3.39. The van der Waals surface area contributed by atoms with Crippen LogP contribution in [0.5, 0.6) is 5.75 Å². The average molecular weight is 434 g/mol. The fourth-order valence-corrected chi connectivity index (χ4v) is 4.29. The Morgan fingerprint density at radius 2 is 2.03 bits per heavy atom. The van der Waals surface area contributed by atoms with Crippen LogP contribution < -0.4 is 4.74 Å². The van der Waals surface area contributed by atoms with Crippen molar-refractivity contribution in [1.82, 2.24) is 19.9 Å². The highest BCUT2D eigenvalue weighted by molar-refractivity contribution is 5.84. The molecule has 1 fully saturated rings. The molecule has 1 aromatic carbocycles. The van der Waals surface area contributed by atoms with Gasteiger partial charge in [-0.3, -0.25) is 4.98 Å². The van der Waals surface area contributed by atoms with Crippen LogP contribution in [0.1, 0.15) is 41.8 Å². The lowest BCUT2D eigenvalue weighted by molar-refractivity contribution is 0.212. The van der Waals surface area contributed by atoms with E-state index >= 15 is 0 Å². The Balaban J connectivity index is 1.51. The highest BCUT2D eigenvalue weighted by atomic mass is 16.5. The summed E-state index contributed by atoms with van der Waals surface area (Å²) in [5, 5.41) is 14.5. The van der Waals surface area contributed by atoms with Gasteiger partial charge in [0.1, 0.15) is 18.4 Å². The van der Waals surface area contributed by atoms with Crippen LogP contribution in [0.15, 0.2) is 35.0 Å². The summed E-state index contributed by atoms with van der Waals surface area (Å²) in [7, 11) is 6.26. The molecule has 0 aliphatic carbocycles. The Labute approximate surface area is 189 Å². The maximum absolute atomic E-state index is 8.94. The maximum Gasteiger partial charge on any atom is 0.175 e. The van der Waals surface area contributed by atoms with E-state index in [0.29, 0.717) is 18.7 Å². The molecule has 2 aromatic heterocycles. The number of nitriles is 1. The van der Waals surface area contributed by atoms with E-state index in [4.69, 9.17) is 14.5 Å². The van der Waals surface area contributed by atoms with Gasteiger partial charge in [0.05, 0.1) is 22.5 Å². The van der Waals surface area contributed by atoms with Crippen molar-refractivity contribution in [2.45, 2.75) is 38.8 Å². The van der Waals surface area contributed by atoms with E-state index in [1.807, 2.05) is 26.2 Å². The van der Waals surface area contributed by atoms with Crippen molar-refractivity contribution in [3.63, 3.8) is 0 Å². The molecule has 3 aromatic rings. The molecule has 0 amide bonds. The third kappa shape index (κ3) is 5.26. The van der Waals surface area contributed by atoms with E-state index < -0.39 is 0 Å². The van der Waals surface area contributed by atoms with Gasteiger partial charge >= 0.3 is 0 Å². The highest BCUT2D eigenvalue weighted by Crippen LogP contribution is 2.33. The van der Waals surface area contributed by atoms with Gasteiger partial charge in [-0.2, -0.15) is 5.26 Å². The van der Waals surface area contributed by atoms with Gasteiger partial charge in [-0.15, -0.1) is 0 Å². The Morgan fingerprint density at radius 3 is 2.72 bits per heavy atom. The van der Waals surface area contributed by atoms with Gasteiger partial charge in [-0.1, -0.05) is 5.16 Å². The molecular formula is C25H31N5O2. The molecule has 0 radical (unpaired) electrons. The van der Waals surface area contributed by atoms with E-state index in [1.165, 1.54) is 25.9 Å². The van der Waals surface area contributed by atoms with E-state index in [2.05, 4.69) is 39.1 Å². The fraction of sp³-hybridized carbons (Fsp3) is 0.480. The molecule has 7 heteroatoms. The van der Waals surface area contributed by atoms with Crippen LogP contribution in [-0.2, 0) is 19.6 Å². The van der Waals surface area contributed by atoms with Crippen molar-refractivity contribution in [2.75, 3.05) is 34.2 Å². The second-order valence-corrected chi connectivity index (χ2v) is 9.01. The third-order valence-electron chi connectivity index (χ3n) is 6.21. The first-order valence-corrected chi connectivity index (χ1v) is 11.2. The van der Waals surface area contributed by atoms with E-state index in [0.717, 1.165) is 52.4 Å². The summed E-state index contributed by atoms with van der Waals surface area (Å²) in [6.07, 6.45) is 6.19. The zero-order valence-corrected chi connectivity index (χ0v) is 19.2. The first kappa shape index (κ1) is 22.3. The number of rotatable bonds is 8. The van der Waals surface area contributed by atoms with E-state index in [1.54, 1.807) is 12.3 Å². The minimum absolute atomic E-state index is 0.328. The number of piperidine rings is 1. The minimum Gasteiger partial charge on any atom is -0.487 e. The molecular weight excluding hydrogens is 402 g/mol. The smallest absolute Gasteiger partial charge is 0.175 e. The molecule has 1 saturated heterocycles. The first-order valence-electron chi connectivity index (χ1n) is 11.2. The first-order chi connectivity index (χ1) is 15.5. The standard InChI is InChI=1S/C25H31N5O2/c1-29(2)16-22-24(31-17-20-6-4-19(14-26)15-27-20)9-7-21-23(28-32-25(21)22)8-5-18-10-12-30(3)13-11-18/h4,6-7,9,15,18H,5,8,10-13,16-17H2,1-3H3. The Kier molecular flexibility index (Phi) is 7.03. The molecule has 0 spiro atoms. The molecule has 0 N–H and O–H groups in total. The molecule has 1 aliphatic heterocycles. The van der Waals surface area contributed by atoms with Crippen molar-refractivity contribution in [3.8, 4) is 11.8 Å². The predicted octanol–water partition coefficient (Wildman–Crippen LogP) is 4.01. The summed E-state index contributed by atoms with van der Waals surface area (Å²) in [4.78, 5) is 8.81. The number of nitrogens with zero attached hydrogens (tertiary/aromatic N) is 5. The molecule has 0 unspecified atom stereocenters. The SMILES string of the molecule is CN(C)Cc1c(OCc2ccc(C#N)cn2)ccc2c(CCC3CCN(C)CC3)noc12. The maximum atomic E-state index is 8.94. The Hall–Kier alpha value is -2.95. The van der Waals surface area contributed by atoms with Gasteiger partial charge in [0, 0.05) is 18.1 Å². The predicted molar refractivity (Wildman–Crippen MR) is 123 cm³/mol. The molecule has 0 atom stereocenters. The zero-order valence-electron chi connectivity index (χ0n) is 19.2. The molecule has 1 aliphatic rings. The molecule has 4 rings (SSSR count). The highest BCUT2D eigenvalue weighted by Gasteiger charge is 2.20. The lowest BCUT2D eigenvalue weighted by atomic mass is 9.91.